The number of phenols is 1. The highest BCUT2D eigenvalue weighted by atomic mass is 16.4. The van der Waals surface area contributed by atoms with Crippen molar-refractivity contribution >= 4 is 22.5 Å². The number of aryl methyl sites for hydroxylation is 1. The lowest BCUT2D eigenvalue weighted by Gasteiger charge is -2.14. The van der Waals surface area contributed by atoms with E-state index in [1.54, 1.807) is 20.2 Å². The van der Waals surface area contributed by atoms with Gasteiger partial charge in [-0.05, 0) is 43.0 Å². The topological polar surface area (TPSA) is 86.0 Å². The third-order valence-corrected chi connectivity index (χ3v) is 5.27. The minimum Gasteiger partial charge on any atom is -0.505 e. The summed E-state index contributed by atoms with van der Waals surface area (Å²) in [7, 11) is 1.68. The molecule has 0 unspecified atom stereocenters. The van der Waals surface area contributed by atoms with Crippen LogP contribution in [0.2, 0.25) is 0 Å². The number of aromatic nitrogens is 1. The fourth-order valence-electron chi connectivity index (χ4n) is 3.83. The first-order valence-corrected chi connectivity index (χ1v) is 9.07. The van der Waals surface area contributed by atoms with E-state index in [-0.39, 0.29) is 17.2 Å². The molecule has 0 aliphatic carbocycles. The predicted octanol–water partition coefficient (Wildman–Crippen LogP) is 3.62. The molecule has 2 N–H and O–H groups in total. The quantitative estimate of drug-likeness (QED) is 0.416. The van der Waals surface area contributed by atoms with Gasteiger partial charge in [-0.15, -0.1) is 0 Å². The zero-order chi connectivity index (χ0) is 20.0. The van der Waals surface area contributed by atoms with E-state index < -0.39 is 0 Å². The Bertz CT molecular complexity index is 1130. The lowest BCUT2D eigenvalue weighted by Crippen LogP contribution is -2.17. The van der Waals surface area contributed by atoms with E-state index >= 15 is 0 Å². The molecule has 28 heavy (non-hydrogen) atoms. The zero-order valence-corrected chi connectivity index (χ0v) is 16.0. The molecular weight excluding hydrogens is 354 g/mol. The van der Waals surface area contributed by atoms with Crippen LogP contribution in [0, 0.1) is 6.92 Å². The smallest absolute Gasteiger partial charge is 0.258 e. The Labute approximate surface area is 162 Å². The molecule has 6 heteroatoms. The molecule has 3 aromatic rings. The van der Waals surface area contributed by atoms with Gasteiger partial charge in [-0.3, -0.25) is 9.78 Å². The number of fused-ring (bicyclic) bond motifs is 2. The minimum absolute atomic E-state index is 0.115. The molecule has 2 heterocycles. The molecule has 0 radical (unpaired) electrons. The fraction of sp³-hybridized carbons (Fsp3) is 0.227. The molecule has 1 aliphatic heterocycles. The summed E-state index contributed by atoms with van der Waals surface area (Å²) >= 11 is 0. The first-order valence-electron chi connectivity index (χ1n) is 9.07. The molecule has 0 fully saturated rings. The largest absolute Gasteiger partial charge is 0.505 e. The summed E-state index contributed by atoms with van der Waals surface area (Å²) in [5, 5.41) is 24.2. The van der Waals surface area contributed by atoms with Crippen molar-refractivity contribution in [3.8, 4) is 5.75 Å². The molecule has 0 spiro atoms. The van der Waals surface area contributed by atoms with Gasteiger partial charge in [-0.2, -0.15) is 0 Å². The summed E-state index contributed by atoms with van der Waals surface area (Å²) in [6.45, 7) is 4.08. The molecule has 4 rings (SSSR count). The lowest BCUT2D eigenvalue weighted by atomic mass is 9.92. The van der Waals surface area contributed by atoms with Gasteiger partial charge in [0.1, 0.15) is 5.52 Å². The van der Waals surface area contributed by atoms with Crippen LogP contribution < -0.4 is 0 Å². The van der Waals surface area contributed by atoms with Gasteiger partial charge in [0.05, 0.1) is 11.3 Å². The van der Waals surface area contributed by atoms with Gasteiger partial charge in [0, 0.05) is 30.7 Å². The Morgan fingerprint density at radius 2 is 1.96 bits per heavy atom. The highest BCUT2D eigenvalue weighted by Crippen LogP contribution is 2.39. The van der Waals surface area contributed by atoms with Crippen LogP contribution in [0.25, 0.3) is 10.9 Å². The van der Waals surface area contributed by atoms with Crippen LogP contribution in [0.5, 0.6) is 5.75 Å². The maximum absolute atomic E-state index is 12.5. The van der Waals surface area contributed by atoms with Crippen LogP contribution >= 0.6 is 0 Å². The number of nitrogens with zero attached hydrogens (tertiary/aromatic N) is 3. The van der Waals surface area contributed by atoms with Crippen LogP contribution in [0.3, 0.4) is 0 Å². The van der Waals surface area contributed by atoms with Crippen LogP contribution in [-0.4, -0.2) is 38.9 Å². The zero-order valence-electron chi connectivity index (χ0n) is 16.0. The minimum atomic E-state index is -0.257. The van der Waals surface area contributed by atoms with Crippen molar-refractivity contribution in [2.75, 3.05) is 7.05 Å². The van der Waals surface area contributed by atoms with Gasteiger partial charge in [-0.1, -0.05) is 35.0 Å². The summed E-state index contributed by atoms with van der Waals surface area (Å²) in [6.07, 6.45) is 2.40. The second-order valence-electron chi connectivity index (χ2n) is 7.33. The second-order valence-corrected chi connectivity index (χ2v) is 7.33. The maximum atomic E-state index is 12.5. The Hall–Kier alpha value is -3.41. The molecular formula is C22H21N3O3. The third kappa shape index (κ3) is 2.78. The normalized spacial score (nSPS) is 14.0. The van der Waals surface area contributed by atoms with Gasteiger partial charge in [0.2, 0.25) is 0 Å². The fourth-order valence-corrected chi connectivity index (χ4v) is 3.83. The van der Waals surface area contributed by atoms with Gasteiger partial charge >= 0.3 is 0 Å². The molecule has 1 aromatic heterocycles. The van der Waals surface area contributed by atoms with E-state index in [9.17, 15) is 15.1 Å². The number of pyridine rings is 1. The SMILES string of the molecule is C/C(=N/O)c1c2c(c(O)c3ncc(Cc4ccc(C)cc4)cc13)C(=O)N(C)C2. The number of aromatic hydroxyl groups is 1. The van der Waals surface area contributed by atoms with Gasteiger partial charge in [0.25, 0.3) is 5.91 Å². The van der Waals surface area contributed by atoms with Gasteiger partial charge < -0.3 is 15.2 Å². The Morgan fingerprint density at radius 1 is 1.25 bits per heavy atom. The molecule has 6 nitrogen and oxygen atoms in total. The van der Waals surface area contributed by atoms with E-state index in [1.165, 1.54) is 10.5 Å². The van der Waals surface area contributed by atoms with E-state index in [4.69, 9.17) is 0 Å². The van der Waals surface area contributed by atoms with Crippen LogP contribution in [0.15, 0.2) is 41.7 Å². The van der Waals surface area contributed by atoms with Crippen molar-refractivity contribution in [1.29, 1.82) is 0 Å². The number of phenolic OH excluding ortho intramolecular Hbond substituents is 1. The molecule has 0 saturated heterocycles. The number of benzene rings is 2. The molecule has 0 bridgehead atoms. The summed E-state index contributed by atoms with van der Waals surface area (Å²) in [5.74, 6) is -0.373. The van der Waals surface area contributed by atoms with E-state index in [2.05, 4.69) is 34.4 Å². The monoisotopic (exact) mass is 375 g/mol. The molecule has 0 saturated carbocycles. The number of carbonyl (C=O) groups excluding carboxylic acids is 1. The second kappa shape index (κ2) is 6.64. The number of amides is 1. The van der Waals surface area contributed by atoms with E-state index in [0.29, 0.717) is 40.7 Å². The number of hydrogen-bond acceptors (Lipinski definition) is 5. The third-order valence-electron chi connectivity index (χ3n) is 5.27. The number of rotatable bonds is 3. The van der Waals surface area contributed by atoms with Crippen molar-refractivity contribution in [3.63, 3.8) is 0 Å². The van der Waals surface area contributed by atoms with Crippen LogP contribution in [0.1, 0.15) is 45.1 Å². The average Bonchev–Trinajstić information content (AvgIpc) is 2.98. The highest BCUT2D eigenvalue weighted by Gasteiger charge is 2.33. The average molecular weight is 375 g/mol. The summed E-state index contributed by atoms with van der Waals surface area (Å²) in [4.78, 5) is 18.5. The van der Waals surface area contributed by atoms with E-state index in [0.717, 1.165) is 11.1 Å². The first kappa shape index (κ1) is 18.0. The molecule has 2 aromatic carbocycles. The van der Waals surface area contributed by atoms with Crippen molar-refractivity contribution in [1.82, 2.24) is 9.88 Å². The highest BCUT2D eigenvalue weighted by molar-refractivity contribution is 6.17. The van der Waals surface area contributed by atoms with Crippen molar-refractivity contribution in [2.24, 2.45) is 5.16 Å². The van der Waals surface area contributed by atoms with Crippen LogP contribution in [0.4, 0.5) is 0 Å². The lowest BCUT2D eigenvalue weighted by molar-refractivity contribution is 0.0814. The van der Waals surface area contributed by atoms with Crippen molar-refractivity contribution in [2.45, 2.75) is 26.8 Å². The van der Waals surface area contributed by atoms with Crippen LogP contribution in [-0.2, 0) is 13.0 Å². The number of hydrogen-bond donors (Lipinski definition) is 2. The van der Waals surface area contributed by atoms with Crippen molar-refractivity contribution in [3.05, 3.63) is 69.9 Å². The summed E-state index contributed by atoms with van der Waals surface area (Å²) in [6, 6.07) is 10.2. The number of carbonyl (C=O) groups is 1. The van der Waals surface area contributed by atoms with E-state index in [1.807, 2.05) is 13.0 Å². The Balaban J connectivity index is 1.93. The Kier molecular flexibility index (Phi) is 4.26. The molecule has 1 aliphatic rings. The van der Waals surface area contributed by atoms with Crippen molar-refractivity contribution < 1.29 is 15.1 Å². The maximum Gasteiger partial charge on any atom is 0.258 e. The standard InChI is InChI=1S/C22H21N3O3/c1-12-4-6-14(7-5-12)8-15-9-16-18(13(2)24-28)17-11-25(3)22(27)19(17)21(26)20(16)23-10-15/h4-7,9-10,26,28H,8,11H2,1-3H3/b24-13-. The summed E-state index contributed by atoms with van der Waals surface area (Å²) < 4.78 is 0. The Morgan fingerprint density at radius 3 is 2.64 bits per heavy atom. The summed E-state index contributed by atoms with van der Waals surface area (Å²) in [5.41, 5.74) is 5.62. The van der Waals surface area contributed by atoms with Gasteiger partial charge in [-0.25, -0.2) is 0 Å². The molecule has 142 valence electrons. The first-order chi connectivity index (χ1) is 13.4. The molecule has 0 atom stereocenters. The molecule has 1 amide bonds. The van der Waals surface area contributed by atoms with Gasteiger partial charge in [0.15, 0.2) is 5.75 Å². The number of oxime groups is 1. The predicted molar refractivity (Wildman–Crippen MR) is 107 cm³/mol.